The van der Waals surface area contributed by atoms with Gasteiger partial charge in [0, 0.05) is 12.2 Å². The summed E-state index contributed by atoms with van der Waals surface area (Å²) in [5.74, 6) is -1.25. The quantitative estimate of drug-likeness (QED) is 0.392. The van der Waals surface area contributed by atoms with Crippen molar-refractivity contribution in [2.75, 3.05) is 12.4 Å². The lowest BCUT2D eigenvalue weighted by Gasteiger charge is -1.98. The first kappa shape index (κ1) is 13.6. The van der Waals surface area contributed by atoms with E-state index in [1.54, 1.807) is 0 Å². The Labute approximate surface area is 87.7 Å². The summed E-state index contributed by atoms with van der Waals surface area (Å²) in [6.45, 7) is 5.84. The highest BCUT2D eigenvalue weighted by molar-refractivity contribution is 7.95. The summed E-state index contributed by atoms with van der Waals surface area (Å²) in [7, 11) is -3.96. The molecule has 0 saturated heterocycles. The zero-order chi connectivity index (χ0) is 11.9. The predicted molar refractivity (Wildman–Crippen MR) is 54.3 cm³/mol. The average molecular weight is 234 g/mol. The fourth-order valence-electron chi connectivity index (χ4n) is 0.610. The fraction of sp³-hybridized carbons (Fsp3) is 0.222. The molecule has 0 N–H and O–H groups in total. The van der Waals surface area contributed by atoms with E-state index < -0.39 is 33.3 Å². The molecule has 0 aliphatic rings. The van der Waals surface area contributed by atoms with E-state index in [0.717, 1.165) is 12.2 Å². The van der Waals surface area contributed by atoms with Crippen LogP contribution in [-0.2, 0) is 19.4 Å². The zero-order valence-electron chi connectivity index (χ0n) is 7.98. The summed E-state index contributed by atoms with van der Waals surface area (Å²) in [5.41, 5.74) is 0. The van der Waals surface area contributed by atoms with Crippen LogP contribution in [-0.4, -0.2) is 26.7 Å². The standard InChI is InChI=1S/C9H11FO4S/c1-3-7-15(12,13)8(10)5-6-14-9(11)4-2/h3-5H,1-2,6-7H2. The third-order valence-corrected chi connectivity index (χ3v) is 2.71. The molecular formula is C9H11FO4S. The molecular weight excluding hydrogens is 223 g/mol. The molecule has 0 aromatic heterocycles. The van der Waals surface area contributed by atoms with Crippen molar-refractivity contribution in [3.8, 4) is 0 Å². The molecule has 0 rings (SSSR count). The van der Waals surface area contributed by atoms with Gasteiger partial charge in [-0.25, -0.2) is 13.2 Å². The highest BCUT2D eigenvalue weighted by Gasteiger charge is 2.15. The van der Waals surface area contributed by atoms with E-state index in [0.29, 0.717) is 6.08 Å². The monoisotopic (exact) mass is 234 g/mol. The van der Waals surface area contributed by atoms with Crippen molar-refractivity contribution in [2.24, 2.45) is 0 Å². The molecule has 0 atom stereocenters. The zero-order valence-corrected chi connectivity index (χ0v) is 8.80. The highest BCUT2D eigenvalue weighted by atomic mass is 32.2. The van der Waals surface area contributed by atoms with Crippen LogP contribution in [0.15, 0.2) is 36.5 Å². The maximum atomic E-state index is 12.9. The Morgan fingerprint density at radius 2 is 2.00 bits per heavy atom. The minimum atomic E-state index is -3.96. The number of ether oxygens (including phenoxy) is 1. The van der Waals surface area contributed by atoms with Crippen molar-refractivity contribution in [3.05, 3.63) is 36.5 Å². The third-order valence-electron chi connectivity index (χ3n) is 1.27. The molecule has 0 aromatic carbocycles. The van der Waals surface area contributed by atoms with Crippen LogP contribution < -0.4 is 0 Å². The SMILES string of the molecule is C=CCS(=O)(=O)C(F)=CCOC(=O)C=C. The molecule has 0 spiro atoms. The van der Waals surface area contributed by atoms with Crippen LogP contribution in [0.4, 0.5) is 4.39 Å². The van der Waals surface area contributed by atoms with Gasteiger partial charge in [0.25, 0.3) is 0 Å². The van der Waals surface area contributed by atoms with Gasteiger partial charge in [0.05, 0.1) is 5.75 Å². The van der Waals surface area contributed by atoms with Gasteiger partial charge in [0.15, 0.2) is 0 Å². The minimum Gasteiger partial charge on any atom is -0.458 e. The Bertz CT molecular complexity index is 381. The Morgan fingerprint density at radius 1 is 1.40 bits per heavy atom. The first-order chi connectivity index (χ1) is 6.94. The van der Waals surface area contributed by atoms with Crippen LogP contribution in [0.2, 0.25) is 0 Å². The largest absolute Gasteiger partial charge is 0.458 e. The van der Waals surface area contributed by atoms with E-state index in [1.807, 2.05) is 0 Å². The Hall–Kier alpha value is -1.43. The number of halogens is 1. The van der Waals surface area contributed by atoms with E-state index in [4.69, 9.17) is 0 Å². The number of esters is 1. The van der Waals surface area contributed by atoms with Crippen LogP contribution >= 0.6 is 0 Å². The topological polar surface area (TPSA) is 60.4 Å². The van der Waals surface area contributed by atoms with Gasteiger partial charge < -0.3 is 4.74 Å². The summed E-state index contributed by atoms with van der Waals surface area (Å²) in [6, 6.07) is 0. The Balaban J connectivity index is 4.38. The van der Waals surface area contributed by atoms with E-state index in [-0.39, 0.29) is 0 Å². The lowest BCUT2D eigenvalue weighted by Crippen LogP contribution is -2.06. The molecule has 0 fully saturated rings. The van der Waals surface area contributed by atoms with Gasteiger partial charge in [0.2, 0.25) is 15.0 Å². The van der Waals surface area contributed by atoms with Crippen molar-refractivity contribution < 1.29 is 22.3 Å². The van der Waals surface area contributed by atoms with Crippen LogP contribution in [0, 0.1) is 0 Å². The molecule has 0 saturated carbocycles. The number of hydrogen-bond acceptors (Lipinski definition) is 4. The number of rotatable bonds is 6. The number of carbonyl (C=O) groups excluding carboxylic acids is 1. The van der Waals surface area contributed by atoms with E-state index in [9.17, 15) is 17.6 Å². The lowest BCUT2D eigenvalue weighted by atomic mass is 10.6. The van der Waals surface area contributed by atoms with Crippen LogP contribution in [0.25, 0.3) is 0 Å². The van der Waals surface area contributed by atoms with Gasteiger partial charge >= 0.3 is 5.97 Å². The summed E-state index contributed by atoms with van der Waals surface area (Å²) < 4.78 is 39.3. The molecule has 84 valence electrons. The lowest BCUT2D eigenvalue weighted by molar-refractivity contribution is -0.136. The smallest absolute Gasteiger partial charge is 0.330 e. The maximum Gasteiger partial charge on any atom is 0.330 e. The molecule has 4 nitrogen and oxygen atoms in total. The number of carbonyl (C=O) groups is 1. The maximum absolute atomic E-state index is 12.9. The second kappa shape index (κ2) is 6.13. The molecule has 0 amide bonds. The Kier molecular flexibility index (Phi) is 5.54. The first-order valence-electron chi connectivity index (χ1n) is 3.92. The van der Waals surface area contributed by atoms with Gasteiger partial charge in [0.1, 0.15) is 6.61 Å². The Morgan fingerprint density at radius 3 is 2.47 bits per heavy atom. The summed E-state index contributed by atoms with van der Waals surface area (Å²) in [6.07, 6.45) is 2.63. The molecule has 0 heterocycles. The summed E-state index contributed by atoms with van der Waals surface area (Å²) in [5, 5.41) is -1.33. The van der Waals surface area contributed by atoms with Crippen molar-refractivity contribution in [2.45, 2.75) is 0 Å². The van der Waals surface area contributed by atoms with Gasteiger partial charge in [-0.1, -0.05) is 12.7 Å². The van der Waals surface area contributed by atoms with E-state index in [2.05, 4.69) is 17.9 Å². The second-order valence-electron chi connectivity index (χ2n) is 2.41. The van der Waals surface area contributed by atoms with E-state index in [1.165, 1.54) is 0 Å². The normalized spacial score (nSPS) is 11.9. The third kappa shape index (κ3) is 5.11. The van der Waals surface area contributed by atoms with Crippen molar-refractivity contribution >= 4 is 15.8 Å². The molecule has 0 aliphatic carbocycles. The van der Waals surface area contributed by atoms with Crippen molar-refractivity contribution in [3.63, 3.8) is 0 Å². The molecule has 0 aromatic rings. The van der Waals surface area contributed by atoms with Crippen molar-refractivity contribution in [1.82, 2.24) is 0 Å². The summed E-state index contributed by atoms with van der Waals surface area (Å²) in [4.78, 5) is 10.5. The molecule has 6 heteroatoms. The van der Waals surface area contributed by atoms with Gasteiger partial charge in [-0.05, 0) is 0 Å². The van der Waals surface area contributed by atoms with Gasteiger partial charge in [-0.3, -0.25) is 0 Å². The first-order valence-corrected chi connectivity index (χ1v) is 5.57. The molecule has 0 bridgehead atoms. The minimum absolute atomic E-state index is 0.451. The van der Waals surface area contributed by atoms with Gasteiger partial charge in [-0.2, -0.15) is 4.39 Å². The molecule has 0 radical (unpaired) electrons. The van der Waals surface area contributed by atoms with E-state index >= 15 is 0 Å². The molecule has 0 unspecified atom stereocenters. The van der Waals surface area contributed by atoms with Crippen molar-refractivity contribution in [1.29, 1.82) is 0 Å². The summed E-state index contributed by atoms with van der Waals surface area (Å²) >= 11 is 0. The highest BCUT2D eigenvalue weighted by Crippen LogP contribution is 2.08. The predicted octanol–water partition coefficient (Wildman–Crippen LogP) is 1.13. The molecule has 0 aliphatic heterocycles. The number of sulfone groups is 1. The molecule has 15 heavy (non-hydrogen) atoms. The second-order valence-corrected chi connectivity index (χ2v) is 4.37. The fourth-order valence-corrected chi connectivity index (χ4v) is 1.40. The number of hydrogen-bond donors (Lipinski definition) is 0. The van der Waals surface area contributed by atoms with Gasteiger partial charge in [-0.15, -0.1) is 6.58 Å². The van der Waals surface area contributed by atoms with Crippen LogP contribution in [0.5, 0.6) is 0 Å². The van der Waals surface area contributed by atoms with Crippen LogP contribution in [0.1, 0.15) is 0 Å². The van der Waals surface area contributed by atoms with Crippen LogP contribution in [0.3, 0.4) is 0 Å². The average Bonchev–Trinajstić information content (AvgIpc) is 2.17.